The Bertz CT molecular complexity index is 318. The Labute approximate surface area is 104 Å². The van der Waals surface area contributed by atoms with E-state index in [4.69, 9.17) is 14.8 Å². The molecule has 0 saturated heterocycles. The molecule has 0 fully saturated rings. The van der Waals surface area contributed by atoms with Crippen LogP contribution in [0.25, 0.3) is 0 Å². The Morgan fingerprint density at radius 1 is 1.40 bits per heavy atom. The van der Waals surface area contributed by atoms with Crippen molar-refractivity contribution in [3.8, 4) is 5.75 Å². The van der Waals surface area contributed by atoms with Crippen LogP contribution in [0.1, 0.15) is 19.8 Å². The van der Waals surface area contributed by atoms with Crippen molar-refractivity contribution in [3.05, 3.63) is 21.8 Å². The SMILES string of the molecule is CCCCOc1ccc(I)c(B(O)O)c1. The number of ether oxygens (including phenoxy) is 1. The Morgan fingerprint density at radius 2 is 2.13 bits per heavy atom. The smallest absolute Gasteiger partial charge is 0.489 e. The summed E-state index contributed by atoms with van der Waals surface area (Å²) in [5.74, 6) is 0.687. The van der Waals surface area contributed by atoms with Gasteiger partial charge in [-0.2, -0.15) is 0 Å². The van der Waals surface area contributed by atoms with Crippen LogP contribution in [0.2, 0.25) is 0 Å². The Hall–Kier alpha value is -0.265. The number of halogens is 1. The lowest BCUT2D eigenvalue weighted by Gasteiger charge is -2.08. The zero-order chi connectivity index (χ0) is 11.3. The molecule has 1 rings (SSSR count). The van der Waals surface area contributed by atoms with Gasteiger partial charge in [0.1, 0.15) is 5.75 Å². The third kappa shape index (κ3) is 4.00. The molecule has 0 bridgehead atoms. The molecule has 1 aromatic carbocycles. The Morgan fingerprint density at radius 3 is 2.73 bits per heavy atom. The summed E-state index contributed by atoms with van der Waals surface area (Å²) in [5.41, 5.74) is 0.490. The third-order valence-corrected chi connectivity index (χ3v) is 2.99. The first-order valence-electron chi connectivity index (χ1n) is 4.93. The second kappa shape index (κ2) is 6.35. The summed E-state index contributed by atoms with van der Waals surface area (Å²) in [6, 6.07) is 5.32. The molecule has 0 atom stereocenters. The molecule has 2 N–H and O–H groups in total. The summed E-state index contributed by atoms with van der Waals surface area (Å²) in [7, 11) is -1.44. The van der Waals surface area contributed by atoms with Gasteiger partial charge in [-0.25, -0.2) is 0 Å². The lowest BCUT2D eigenvalue weighted by Crippen LogP contribution is -2.32. The van der Waals surface area contributed by atoms with Gasteiger partial charge >= 0.3 is 7.12 Å². The van der Waals surface area contributed by atoms with Crippen LogP contribution in [0.3, 0.4) is 0 Å². The molecule has 0 aliphatic carbocycles. The van der Waals surface area contributed by atoms with Crippen LogP contribution < -0.4 is 10.2 Å². The molecule has 0 amide bonds. The molecule has 0 heterocycles. The lowest BCUT2D eigenvalue weighted by atomic mass is 9.80. The first-order chi connectivity index (χ1) is 7.15. The molecule has 5 heteroatoms. The maximum absolute atomic E-state index is 9.10. The van der Waals surface area contributed by atoms with Crippen molar-refractivity contribution < 1.29 is 14.8 Å². The minimum atomic E-state index is -1.44. The van der Waals surface area contributed by atoms with Crippen LogP contribution in [0.15, 0.2) is 18.2 Å². The number of hydrogen-bond acceptors (Lipinski definition) is 3. The molecule has 0 spiro atoms. The average Bonchev–Trinajstić information content (AvgIpc) is 2.20. The Kier molecular flexibility index (Phi) is 5.42. The van der Waals surface area contributed by atoms with E-state index in [-0.39, 0.29) is 0 Å². The van der Waals surface area contributed by atoms with Gasteiger partial charge in [0, 0.05) is 3.57 Å². The van der Waals surface area contributed by atoms with Gasteiger partial charge in [-0.05, 0) is 52.7 Å². The largest absolute Gasteiger partial charge is 0.494 e. The molecule has 0 aliphatic heterocycles. The van der Waals surface area contributed by atoms with Crippen molar-refractivity contribution in [2.75, 3.05) is 6.61 Å². The molecular weight excluding hydrogens is 306 g/mol. The molecule has 3 nitrogen and oxygen atoms in total. The average molecular weight is 320 g/mol. The summed E-state index contributed by atoms with van der Waals surface area (Å²) in [5, 5.41) is 18.2. The fraction of sp³-hybridized carbons (Fsp3) is 0.400. The molecule has 0 aromatic heterocycles. The predicted octanol–water partition coefficient (Wildman–Crippen LogP) is 1.15. The van der Waals surface area contributed by atoms with E-state index in [0.717, 1.165) is 16.4 Å². The van der Waals surface area contributed by atoms with E-state index in [9.17, 15) is 0 Å². The quantitative estimate of drug-likeness (QED) is 0.486. The number of benzene rings is 1. The van der Waals surface area contributed by atoms with Gasteiger partial charge in [-0.15, -0.1) is 0 Å². The minimum absolute atomic E-state index is 0.490. The van der Waals surface area contributed by atoms with Gasteiger partial charge in [-0.3, -0.25) is 0 Å². The summed E-state index contributed by atoms with van der Waals surface area (Å²) in [6.45, 7) is 2.76. The fourth-order valence-electron chi connectivity index (χ4n) is 1.14. The highest BCUT2D eigenvalue weighted by molar-refractivity contribution is 14.1. The van der Waals surface area contributed by atoms with Crippen LogP contribution in [0, 0.1) is 3.57 Å². The minimum Gasteiger partial charge on any atom is -0.494 e. The van der Waals surface area contributed by atoms with Gasteiger partial charge in [0.25, 0.3) is 0 Å². The highest BCUT2D eigenvalue weighted by atomic mass is 127. The highest BCUT2D eigenvalue weighted by Crippen LogP contribution is 2.12. The maximum Gasteiger partial charge on any atom is 0.489 e. The van der Waals surface area contributed by atoms with E-state index in [0.29, 0.717) is 17.8 Å². The topological polar surface area (TPSA) is 49.7 Å². The van der Waals surface area contributed by atoms with Gasteiger partial charge in [0.05, 0.1) is 6.61 Å². The zero-order valence-corrected chi connectivity index (χ0v) is 10.8. The maximum atomic E-state index is 9.10. The highest BCUT2D eigenvalue weighted by Gasteiger charge is 2.15. The van der Waals surface area contributed by atoms with Gasteiger partial charge in [-0.1, -0.05) is 13.3 Å². The van der Waals surface area contributed by atoms with Crippen LogP contribution >= 0.6 is 22.6 Å². The molecule has 1 aromatic rings. The number of rotatable bonds is 5. The zero-order valence-electron chi connectivity index (χ0n) is 8.61. The van der Waals surface area contributed by atoms with E-state index in [1.807, 2.05) is 12.1 Å². The van der Waals surface area contributed by atoms with E-state index in [1.54, 1.807) is 6.07 Å². The fourth-order valence-corrected chi connectivity index (χ4v) is 1.76. The summed E-state index contributed by atoms with van der Waals surface area (Å²) < 4.78 is 6.29. The van der Waals surface area contributed by atoms with Crippen LogP contribution in [-0.4, -0.2) is 23.8 Å². The van der Waals surface area contributed by atoms with E-state index < -0.39 is 7.12 Å². The van der Waals surface area contributed by atoms with E-state index in [1.165, 1.54) is 0 Å². The van der Waals surface area contributed by atoms with Crippen molar-refractivity contribution >= 4 is 35.2 Å². The first kappa shape index (κ1) is 12.8. The summed E-state index contributed by atoms with van der Waals surface area (Å²) in [4.78, 5) is 0. The Balaban J connectivity index is 2.70. The summed E-state index contributed by atoms with van der Waals surface area (Å²) in [6.07, 6.45) is 2.09. The molecule has 82 valence electrons. The lowest BCUT2D eigenvalue weighted by molar-refractivity contribution is 0.309. The van der Waals surface area contributed by atoms with Gasteiger partial charge in [0.2, 0.25) is 0 Å². The van der Waals surface area contributed by atoms with Crippen molar-refractivity contribution in [1.29, 1.82) is 0 Å². The standard InChI is InChI=1S/C10H14BIO3/c1-2-3-6-15-8-4-5-10(12)9(7-8)11(13)14/h4-5,7,13-14H,2-3,6H2,1H3. The van der Waals surface area contributed by atoms with Gasteiger partial charge < -0.3 is 14.8 Å². The second-order valence-corrected chi connectivity index (χ2v) is 4.42. The van der Waals surface area contributed by atoms with E-state index in [2.05, 4.69) is 29.5 Å². The molecule has 0 unspecified atom stereocenters. The molecule has 15 heavy (non-hydrogen) atoms. The van der Waals surface area contributed by atoms with Gasteiger partial charge in [0.15, 0.2) is 0 Å². The van der Waals surface area contributed by atoms with E-state index >= 15 is 0 Å². The normalized spacial score (nSPS) is 10.1. The molecule has 0 aliphatic rings. The van der Waals surface area contributed by atoms with Crippen molar-refractivity contribution in [3.63, 3.8) is 0 Å². The monoisotopic (exact) mass is 320 g/mol. The van der Waals surface area contributed by atoms with Crippen molar-refractivity contribution in [1.82, 2.24) is 0 Å². The number of unbranched alkanes of at least 4 members (excludes halogenated alkanes) is 1. The molecule has 0 radical (unpaired) electrons. The van der Waals surface area contributed by atoms with Crippen LogP contribution in [0.4, 0.5) is 0 Å². The first-order valence-corrected chi connectivity index (χ1v) is 6.01. The predicted molar refractivity (Wildman–Crippen MR) is 69.4 cm³/mol. The summed E-state index contributed by atoms with van der Waals surface area (Å²) >= 11 is 2.06. The molecule has 0 saturated carbocycles. The van der Waals surface area contributed by atoms with Crippen LogP contribution in [0.5, 0.6) is 5.75 Å². The second-order valence-electron chi connectivity index (χ2n) is 3.26. The van der Waals surface area contributed by atoms with Crippen LogP contribution in [-0.2, 0) is 0 Å². The third-order valence-electron chi connectivity index (χ3n) is 2.01. The van der Waals surface area contributed by atoms with Crippen molar-refractivity contribution in [2.45, 2.75) is 19.8 Å². The van der Waals surface area contributed by atoms with Crippen molar-refractivity contribution in [2.24, 2.45) is 0 Å². The number of hydrogen-bond donors (Lipinski definition) is 2. The molecular formula is C10H14BIO3.